The van der Waals surface area contributed by atoms with Gasteiger partial charge in [0.05, 0.1) is 38.9 Å². The monoisotopic (exact) mass is 326 g/mol. The Kier molecular flexibility index (Phi) is 4.12. The van der Waals surface area contributed by atoms with E-state index in [0.29, 0.717) is 22.9 Å². The Morgan fingerprint density at radius 1 is 1.67 bits per heavy atom. The molecule has 1 saturated heterocycles. The maximum absolute atomic E-state index is 12.7. The molecule has 21 heavy (non-hydrogen) atoms. The number of aliphatic hydroxyl groups excluding tert-OH is 1. The number of carbonyl (C=O) groups is 1. The second kappa shape index (κ2) is 5.88. The molecule has 1 amide bonds. The number of ether oxygens (including phenoxy) is 1. The molecule has 0 saturated carbocycles. The van der Waals surface area contributed by atoms with E-state index in [1.807, 2.05) is 0 Å². The van der Waals surface area contributed by atoms with E-state index >= 15 is 0 Å². The van der Waals surface area contributed by atoms with Crippen LogP contribution in [-0.2, 0) is 4.74 Å². The number of fused-ring (bicyclic) bond motifs is 1. The van der Waals surface area contributed by atoms with Gasteiger partial charge in [-0.2, -0.15) is 0 Å². The summed E-state index contributed by atoms with van der Waals surface area (Å²) < 4.78 is 6.11. The molecule has 1 N–H and O–H groups in total. The minimum Gasteiger partial charge on any atom is -0.394 e. The molecule has 7 heteroatoms. The molecule has 0 unspecified atom stereocenters. The quantitative estimate of drug-likeness (QED) is 0.939. The maximum Gasteiger partial charge on any atom is 0.264 e. The lowest BCUT2D eigenvalue weighted by molar-refractivity contribution is 0.0652. The number of thiophene rings is 1. The summed E-state index contributed by atoms with van der Waals surface area (Å²) in [5, 5.41) is 10.0. The topological polar surface area (TPSA) is 62.7 Å². The molecular formula is C14H15ClN2O3S. The normalized spacial score (nSPS) is 22.1. The Labute approximate surface area is 131 Å². The number of halogens is 1. The Bertz CT molecular complexity index is 675. The number of pyridine rings is 1. The molecule has 112 valence electrons. The fraction of sp³-hybridized carbons (Fsp3) is 0.429. The number of nitrogens with zero attached hydrogens (tertiary/aromatic N) is 2. The highest BCUT2D eigenvalue weighted by Gasteiger charge is 2.35. The van der Waals surface area contributed by atoms with Crippen LogP contribution < -0.4 is 0 Å². The molecule has 2 aromatic heterocycles. The van der Waals surface area contributed by atoms with Crippen LogP contribution in [0.25, 0.3) is 10.2 Å². The van der Waals surface area contributed by atoms with E-state index in [4.69, 9.17) is 16.3 Å². The first-order chi connectivity index (χ1) is 10.1. The zero-order valence-electron chi connectivity index (χ0n) is 11.5. The molecular weight excluding hydrogens is 312 g/mol. The van der Waals surface area contributed by atoms with Crippen LogP contribution in [0, 0.1) is 0 Å². The van der Waals surface area contributed by atoms with Crippen molar-refractivity contribution in [2.45, 2.75) is 18.6 Å². The highest BCUT2D eigenvalue weighted by atomic mass is 35.5. The predicted octanol–water partition coefficient (Wildman–Crippen LogP) is 2.17. The largest absolute Gasteiger partial charge is 0.394 e. The lowest BCUT2D eigenvalue weighted by Crippen LogP contribution is -2.37. The molecule has 1 aliphatic rings. The van der Waals surface area contributed by atoms with Gasteiger partial charge in [0, 0.05) is 19.9 Å². The first-order valence-corrected chi connectivity index (χ1v) is 7.82. The number of aromatic nitrogens is 1. The Hall–Kier alpha value is -1.21. The fourth-order valence-corrected chi connectivity index (χ4v) is 3.87. The lowest BCUT2D eigenvalue weighted by Gasteiger charge is -2.21. The highest BCUT2D eigenvalue weighted by molar-refractivity contribution is 7.21. The SMILES string of the molecule is CO[C@@H]1C[C@@H](CO)N(C(=O)c2cc3nccc(Cl)c3s2)C1. The number of aliphatic hydroxyl groups is 1. The van der Waals surface area contributed by atoms with Crippen LogP contribution in [0.3, 0.4) is 0 Å². The van der Waals surface area contributed by atoms with Crippen molar-refractivity contribution in [2.24, 2.45) is 0 Å². The molecule has 2 atom stereocenters. The zero-order chi connectivity index (χ0) is 15.0. The Balaban J connectivity index is 1.91. The zero-order valence-corrected chi connectivity index (χ0v) is 13.0. The third kappa shape index (κ3) is 2.64. The van der Waals surface area contributed by atoms with E-state index in [1.54, 1.807) is 30.3 Å². The van der Waals surface area contributed by atoms with Crippen LogP contribution >= 0.6 is 22.9 Å². The van der Waals surface area contributed by atoms with E-state index in [0.717, 1.165) is 10.2 Å². The molecule has 0 bridgehead atoms. The summed E-state index contributed by atoms with van der Waals surface area (Å²) in [5.74, 6) is -0.104. The van der Waals surface area contributed by atoms with Crippen molar-refractivity contribution in [3.63, 3.8) is 0 Å². The van der Waals surface area contributed by atoms with E-state index in [1.165, 1.54) is 11.3 Å². The van der Waals surface area contributed by atoms with Gasteiger partial charge in [-0.05, 0) is 18.6 Å². The molecule has 0 aromatic carbocycles. The standard InChI is InChI=1S/C14H15ClN2O3S/c1-20-9-4-8(7-18)17(6-9)14(19)12-5-11-13(21-12)10(15)2-3-16-11/h2-3,5,8-9,18H,4,6-7H2,1H3/t8-,9+/m0/s1. The number of carbonyl (C=O) groups excluding carboxylic acids is 1. The highest BCUT2D eigenvalue weighted by Crippen LogP contribution is 2.32. The number of methoxy groups -OCH3 is 1. The average molecular weight is 327 g/mol. The number of hydrogen-bond donors (Lipinski definition) is 1. The molecule has 0 aliphatic carbocycles. The van der Waals surface area contributed by atoms with Crippen molar-refractivity contribution in [3.8, 4) is 0 Å². The molecule has 5 nitrogen and oxygen atoms in total. The molecule has 2 aromatic rings. The van der Waals surface area contributed by atoms with Crippen molar-refractivity contribution in [2.75, 3.05) is 20.3 Å². The van der Waals surface area contributed by atoms with Crippen LogP contribution in [0.5, 0.6) is 0 Å². The number of rotatable bonds is 3. The fourth-order valence-electron chi connectivity index (χ4n) is 2.62. The van der Waals surface area contributed by atoms with Gasteiger partial charge >= 0.3 is 0 Å². The van der Waals surface area contributed by atoms with Crippen LogP contribution in [0.2, 0.25) is 5.02 Å². The number of hydrogen-bond acceptors (Lipinski definition) is 5. The molecule has 1 aliphatic heterocycles. The second-order valence-electron chi connectivity index (χ2n) is 5.01. The number of amides is 1. The molecule has 0 radical (unpaired) electrons. The second-order valence-corrected chi connectivity index (χ2v) is 6.46. The van der Waals surface area contributed by atoms with Crippen LogP contribution in [0.4, 0.5) is 0 Å². The van der Waals surface area contributed by atoms with Gasteiger partial charge in [-0.25, -0.2) is 0 Å². The summed E-state index contributed by atoms with van der Waals surface area (Å²) >= 11 is 7.45. The summed E-state index contributed by atoms with van der Waals surface area (Å²) in [7, 11) is 1.62. The third-order valence-corrected chi connectivity index (χ3v) is 5.33. The minimum absolute atomic E-state index is 0.0257. The lowest BCUT2D eigenvalue weighted by atomic mass is 10.2. The van der Waals surface area contributed by atoms with Gasteiger partial charge in [0.2, 0.25) is 0 Å². The summed E-state index contributed by atoms with van der Waals surface area (Å²) in [4.78, 5) is 19.1. The van der Waals surface area contributed by atoms with Gasteiger partial charge in [0.15, 0.2) is 0 Å². The van der Waals surface area contributed by atoms with Gasteiger partial charge in [-0.1, -0.05) is 11.6 Å². The Morgan fingerprint density at radius 3 is 3.14 bits per heavy atom. The van der Waals surface area contributed by atoms with E-state index in [-0.39, 0.29) is 24.7 Å². The third-order valence-electron chi connectivity index (χ3n) is 3.76. The van der Waals surface area contributed by atoms with Crippen molar-refractivity contribution < 1.29 is 14.6 Å². The van der Waals surface area contributed by atoms with Crippen LogP contribution in [-0.4, -0.2) is 53.3 Å². The van der Waals surface area contributed by atoms with Crippen molar-refractivity contribution in [1.82, 2.24) is 9.88 Å². The molecule has 3 rings (SSSR count). The summed E-state index contributed by atoms with van der Waals surface area (Å²) in [6.07, 6.45) is 2.25. The Morgan fingerprint density at radius 2 is 2.48 bits per heavy atom. The molecule has 3 heterocycles. The summed E-state index contributed by atoms with van der Waals surface area (Å²) in [6, 6.07) is 3.26. The van der Waals surface area contributed by atoms with Gasteiger partial charge in [0.1, 0.15) is 0 Å². The first-order valence-electron chi connectivity index (χ1n) is 6.62. The average Bonchev–Trinajstić information content (AvgIpc) is 3.11. The van der Waals surface area contributed by atoms with Crippen molar-refractivity contribution >= 4 is 39.1 Å². The molecule has 0 spiro atoms. The van der Waals surface area contributed by atoms with Crippen LogP contribution in [0.15, 0.2) is 18.3 Å². The van der Waals surface area contributed by atoms with Crippen LogP contribution in [0.1, 0.15) is 16.1 Å². The van der Waals surface area contributed by atoms with Gasteiger partial charge in [0.25, 0.3) is 5.91 Å². The summed E-state index contributed by atoms with van der Waals surface area (Å²) in [5.41, 5.74) is 0.721. The number of likely N-dealkylation sites (tertiary alicyclic amines) is 1. The van der Waals surface area contributed by atoms with Gasteiger partial charge in [-0.3, -0.25) is 9.78 Å². The summed E-state index contributed by atoms with van der Waals surface area (Å²) in [6.45, 7) is 0.436. The smallest absolute Gasteiger partial charge is 0.264 e. The van der Waals surface area contributed by atoms with Gasteiger partial charge < -0.3 is 14.7 Å². The maximum atomic E-state index is 12.7. The van der Waals surface area contributed by atoms with Crippen molar-refractivity contribution in [3.05, 3.63) is 28.2 Å². The van der Waals surface area contributed by atoms with E-state index in [2.05, 4.69) is 4.98 Å². The minimum atomic E-state index is -0.198. The van der Waals surface area contributed by atoms with E-state index < -0.39 is 0 Å². The van der Waals surface area contributed by atoms with E-state index in [9.17, 15) is 9.90 Å². The van der Waals surface area contributed by atoms with Gasteiger partial charge in [-0.15, -0.1) is 11.3 Å². The first kappa shape index (κ1) is 14.7. The predicted molar refractivity (Wildman–Crippen MR) is 82.0 cm³/mol. The molecule has 1 fully saturated rings. The van der Waals surface area contributed by atoms with Crippen molar-refractivity contribution in [1.29, 1.82) is 0 Å².